The third kappa shape index (κ3) is 4.47. The van der Waals surface area contributed by atoms with Gasteiger partial charge < -0.3 is 4.42 Å². The van der Waals surface area contributed by atoms with Crippen LogP contribution in [0.1, 0.15) is 17.1 Å². The lowest BCUT2D eigenvalue weighted by molar-refractivity contribution is -0.156. The maximum absolute atomic E-state index is 12.6. The second-order valence-corrected chi connectivity index (χ2v) is 7.96. The van der Waals surface area contributed by atoms with Crippen LogP contribution in [0.2, 0.25) is 0 Å². The van der Waals surface area contributed by atoms with Crippen LogP contribution in [0, 0.1) is 6.92 Å². The van der Waals surface area contributed by atoms with E-state index in [4.69, 9.17) is 0 Å². The molecule has 0 saturated carbocycles. The van der Waals surface area contributed by atoms with Crippen molar-refractivity contribution in [1.29, 1.82) is 0 Å². The van der Waals surface area contributed by atoms with Gasteiger partial charge in [-0.2, -0.15) is 13.2 Å². The molecule has 0 aliphatic heterocycles. The first-order valence-electron chi connectivity index (χ1n) is 7.94. The molecule has 0 bridgehead atoms. The number of halogens is 3. The lowest BCUT2D eigenvalue weighted by atomic mass is 10.2. The molecule has 7 nitrogen and oxygen atoms in total. The molecule has 0 radical (unpaired) electrons. The van der Waals surface area contributed by atoms with Crippen LogP contribution in [0.25, 0.3) is 11.5 Å². The number of nitrogens with zero attached hydrogens (tertiary/aromatic N) is 4. The quantitative estimate of drug-likeness (QED) is 0.638. The van der Waals surface area contributed by atoms with Crippen molar-refractivity contribution in [3.05, 3.63) is 59.7 Å². The Morgan fingerprint density at radius 2 is 1.89 bits per heavy atom. The molecule has 0 aliphatic carbocycles. The zero-order valence-corrected chi connectivity index (χ0v) is 15.6. The highest BCUT2D eigenvalue weighted by molar-refractivity contribution is 7.92. The maximum atomic E-state index is 12.6. The summed E-state index contributed by atoms with van der Waals surface area (Å²) in [6.45, 7) is 1.80. The minimum atomic E-state index is -4.73. The molecule has 2 aromatic heterocycles. The molecule has 0 fully saturated rings. The minimum Gasteiger partial charge on any atom is -0.413 e. The fourth-order valence-electron chi connectivity index (χ4n) is 2.43. The highest BCUT2D eigenvalue weighted by Crippen LogP contribution is 2.30. The maximum Gasteiger partial charge on any atom is 0.470 e. The highest BCUT2D eigenvalue weighted by Gasteiger charge is 2.38. The Hall–Kier alpha value is -2.95. The second kappa shape index (κ2) is 7.23. The predicted molar refractivity (Wildman–Crippen MR) is 94.7 cm³/mol. The molecule has 0 saturated heterocycles. The molecular weight excluding hydrogens is 397 g/mol. The molecule has 0 amide bonds. The average molecular weight is 412 g/mol. The van der Waals surface area contributed by atoms with E-state index in [1.807, 2.05) is 13.0 Å². The van der Waals surface area contributed by atoms with Crippen molar-refractivity contribution in [2.24, 2.45) is 0 Å². The van der Waals surface area contributed by atoms with Crippen LogP contribution in [0.5, 0.6) is 0 Å². The van der Waals surface area contributed by atoms with E-state index in [0.717, 1.165) is 11.8 Å². The van der Waals surface area contributed by atoms with E-state index >= 15 is 0 Å². The van der Waals surface area contributed by atoms with Gasteiger partial charge >= 0.3 is 12.1 Å². The Kier molecular flexibility index (Phi) is 5.11. The number of sulfonamides is 1. The van der Waals surface area contributed by atoms with E-state index in [0.29, 0.717) is 11.4 Å². The van der Waals surface area contributed by atoms with Crippen LogP contribution < -0.4 is 4.31 Å². The summed E-state index contributed by atoms with van der Waals surface area (Å²) in [7, 11) is -3.58. The number of anilines is 1. The Bertz CT molecular complexity index is 1080. The van der Waals surface area contributed by atoms with Gasteiger partial charge in [-0.1, -0.05) is 12.1 Å². The molecule has 2 heterocycles. The number of rotatable bonds is 5. The summed E-state index contributed by atoms with van der Waals surface area (Å²) >= 11 is 0. The molecule has 3 aromatic rings. The van der Waals surface area contributed by atoms with Gasteiger partial charge in [0.15, 0.2) is 0 Å². The number of benzene rings is 1. The number of pyridine rings is 1. The van der Waals surface area contributed by atoms with Gasteiger partial charge in [0.05, 0.1) is 29.7 Å². The van der Waals surface area contributed by atoms with Gasteiger partial charge in [-0.25, -0.2) is 8.42 Å². The van der Waals surface area contributed by atoms with Crippen LogP contribution in [-0.4, -0.2) is 29.9 Å². The second-order valence-electron chi connectivity index (χ2n) is 6.06. The average Bonchev–Trinajstić information content (AvgIpc) is 3.09. The standard InChI is InChI=1S/C17H15F3N4O3S/c1-11-4-3-5-14(8-11)24(28(2,25)26)10-13-7-6-12(9-21-13)15-22-23-16(27-15)17(18,19)20/h3-9H,10H2,1-2H3. The summed E-state index contributed by atoms with van der Waals surface area (Å²) in [6, 6.07) is 9.91. The Morgan fingerprint density at radius 3 is 2.43 bits per heavy atom. The summed E-state index contributed by atoms with van der Waals surface area (Å²) in [5.41, 5.74) is 1.96. The molecular formula is C17H15F3N4O3S. The fourth-order valence-corrected chi connectivity index (χ4v) is 3.29. The van der Waals surface area contributed by atoms with E-state index in [1.54, 1.807) is 18.2 Å². The molecule has 0 spiro atoms. The van der Waals surface area contributed by atoms with Crippen molar-refractivity contribution in [3.8, 4) is 11.5 Å². The van der Waals surface area contributed by atoms with E-state index in [2.05, 4.69) is 19.6 Å². The van der Waals surface area contributed by atoms with E-state index in [-0.39, 0.29) is 18.0 Å². The van der Waals surface area contributed by atoms with Crippen LogP contribution in [0.3, 0.4) is 0 Å². The lowest BCUT2D eigenvalue weighted by Crippen LogP contribution is -2.29. The van der Waals surface area contributed by atoms with E-state index in [9.17, 15) is 21.6 Å². The topological polar surface area (TPSA) is 89.2 Å². The van der Waals surface area contributed by atoms with Crippen molar-refractivity contribution in [2.75, 3.05) is 10.6 Å². The summed E-state index contributed by atoms with van der Waals surface area (Å²) in [5, 5.41) is 6.31. The summed E-state index contributed by atoms with van der Waals surface area (Å²) in [4.78, 5) is 4.11. The Morgan fingerprint density at radius 1 is 1.14 bits per heavy atom. The van der Waals surface area contributed by atoms with E-state index < -0.39 is 22.1 Å². The Balaban J connectivity index is 1.85. The summed E-state index contributed by atoms with van der Waals surface area (Å²) < 4.78 is 67.8. The smallest absolute Gasteiger partial charge is 0.413 e. The molecule has 1 aromatic carbocycles. The molecule has 148 valence electrons. The summed E-state index contributed by atoms with van der Waals surface area (Å²) in [5.74, 6) is -1.78. The molecule has 0 unspecified atom stereocenters. The van der Waals surface area contributed by atoms with Crippen LogP contribution >= 0.6 is 0 Å². The van der Waals surface area contributed by atoms with Crippen LogP contribution in [0.4, 0.5) is 18.9 Å². The number of aromatic nitrogens is 3. The lowest BCUT2D eigenvalue weighted by Gasteiger charge is -2.22. The minimum absolute atomic E-state index is 0.0415. The highest BCUT2D eigenvalue weighted by atomic mass is 32.2. The van der Waals surface area contributed by atoms with Gasteiger partial charge in [0.1, 0.15) is 0 Å². The first-order valence-corrected chi connectivity index (χ1v) is 9.79. The largest absolute Gasteiger partial charge is 0.470 e. The van der Waals surface area contributed by atoms with Crippen LogP contribution in [0.15, 0.2) is 47.0 Å². The van der Waals surface area contributed by atoms with Crippen molar-refractivity contribution >= 4 is 15.7 Å². The van der Waals surface area contributed by atoms with Gasteiger partial charge in [-0.3, -0.25) is 9.29 Å². The molecule has 0 aliphatic rings. The number of aryl methyl sites for hydroxylation is 1. The number of hydrogen-bond donors (Lipinski definition) is 0. The Labute approximate surface area is 158 Å². The van der Waals surface area contributed by atoms with Crippen molar-refractivity contribution < 1.29 is 26.0 Å². The van der Waals surface area contributed by atoms with Gasteiger partial charge in [0.2, 0.25) is 15.9 Å². The van der Waals surface area contributed by atoms with Crippen molar-refractivity contribution in [1.82, 2.24) is 15.2 Å². The monoisotopic (exact) mass is 412 g/mol. The summed E-state index contributed by atoms with van der Waals surface area (Å²) in [6.07, 6.45) is -2.40. The molecule has 11 heteroatoms. The normalized spacial score (nSPS) is 12.2. The molecule has 28 heavy (non-hydrogen) atoms. The zero-order chi connectivity index (χ0) is 20.5. The third-order valence-electron chi connectivity index (χ3n) is 3.73. The van der Waals surface area contributed by atoms with Gasteiger partial charge in [0.25, 0.3) is 0 Å². The fraction of sp³-hybridized carbons (Fsp3) is 0.235. The van der Waals surface area contributed by atoms with Crippen molar-refractivity contribution in [3.63, 3.8) is 0 Å². The number of hydrogen-bond acceptors (Lipinski definition) is 6. The van der Waals surface area contributed by atoms with Gasteiger partial charge in [0, 0.05) is 6.20 Å². The van der Waals surface area contributed by atoms with E-state index in [1.165, 1.54) is 22.6 Å². The first kappa shape index (κ1) is 19.8. The SMILES string of the molecule is Cc1cccc(N(Cc2ccc(-c3nnc(C(F)(F)F)o3)cn2)S(C)(=O)=O)c1. The molecule has 3 rings (SSSR count). The van der Waals surface area contributed by atoms with Crippen molar-refractivity contribution in [2.45, 2.75) is 19.6 Å². The van der Waals surface area contributed by atoms with Crippen LogP contribution in [-0.2, 0) is 22.7 Å². The van der Waals surface area contributed by atoms with Gasteiger partial charge in [-0.05, 0) is 36.8 Å². The first-order chi connectivity index (χ1) is 13.0. The zero-order valence-electron chi connectivity index (χ0n) is 14.8. The molecule has 0 atom stereocenters. The predicted octanol–water partition coefficient (Wildman–Crippen LogP) is 3.43. The molecule has 0 N–H and O–H groups in total. The third-order valence-corrected chi connectivity index (χ3v) is 4.88. The van der Waals surface area contributed by atoms with Gasteiger partial charge in [-0.15, -0.1) is 10.2 Å². The number of alkyl halides is 3.